The summed E-state index contributed by atoms with van der Waals surface area (Å²) in [5.74, 6) is 0.0309. The molecule has 1 fully saturated rings. The summed E-state index contributed by atoms with van der Waals surface area (Å²) in [6.45, 7) is 5.02. The van der Waals surface area contributed by atoms with Gasteiger partial charge in [0.05, 0.1) is 0 Å². The van der Waals surface area contributed by atoms with E-state index in [1.165, 1.54) is 0 Å². The van der Waals surface area contributed by atoms with Crippen LogP contribution in [0.4, 0.5) is 5.69 Å². The van der Waals surface area contributed by atoms with Crippen LogP contribution < -0.4 is 10.6 Å². The Hall–Kier alpha value is -1.55. The van der Waals surface area contributed by atoms with Gasteiger partial charge in [-0.1, -0.05) is 0 Å². The number of piperidine rings is 1. The minimum absolute atomic E-state index is 0.0309. The molecule has 1 unspecified atom stereocenters. The first-order valence-electron chi connectivity index (χ1n) is 7.02. The number of hydrogen-bond acceptors (Lipinski definition) is 3. The molecular formula is C15H23N3O. The number of carbonyl (C=O) groups excluding carboxylic acids is 1. The molecular weight excluding hydrogens is 238 g/mol. The molecule has 1 heterocycles. The van der Waals surface area contributed by atoms with E-state index in [1.807, 2.05) is 24.3 Å². The van der Waals surface area contributed by atoms with E-state index < -0.39 is 0 Å². The second-order valence-corrected chi connectivity index (χ2v) is 5.18. The molecule has 1 saturated heterocycles. The van der Waals surface area contributed by atoms with E-state index in [2.05, 4.69) is 29.5 Å². The zero-order valence-corrected chi connectivity index (χ0v) is 11.8. The van der Waals surface area contributed by atoms with E-state index >= 15 is 0 Å². The summed E-state index contributed by atoms with van der Waals surface area (Å²) in [6, 6.07) is 7.93. The average Bonchev–Trinajstić information content (AvgIpc) is 2.40. The lowest BCUT2D eigenvalue weighted by Crippen LogP contribution is -2.46. The summed E-state index contributed by atoms with van der Waals surface area (Å²) in [6.07, 6.45) is 2.23. The van der Waals surface area contributed by atoms with Crippen LogP contribution in [0.5, 0.6) is 0 Å². The molecule has 1 aromatic carbocycles. The lowest BCUT2D eigenvalue weighted by Gasteiger charge is -2.30. The molecule has 1 atom stereocenters. The van der Waals surface area contributed by atoms with E-state index in [4.69, 9.17) is 0 Å². The van der Waals surface area contributed by atoms with E-state index in [0.29, 0.717) is 0 Å². The maximum atomic E-state index is 12.1. The summed E-state index contributed by atoms with van der Waals surface area (Å²) >= 11 is 0. The van der Waals surface area contributed by atoms with E-state index in [0.717, 1.165) is 43.7 Å². The predicted octanol–water partition coefficient (Wildman–Crippen LogP) is 1.94. The Balaban J connectivity index is 1.91. The summed E-state index contributed by atoms with van der Waals surface area (Å²) in [5.41, 5.74) is 1.78. The number of nitrogens with one attached hydrogen (secondary N) is 2. The van der Waals surface area contributed by atoms with Gasteiger partial charge in [0.1, 0.15) is 0 Å². The van der Waals surface area contributed by atoms with Gasteiger partial charge in [-0.05, 0) is 57.6 Å². The zero-order valence-electron chi connectivity index (χ0n) is 11.8. The molecule has 2 N–H and O–H groups in total. The van der Waals surface area contributed by atoms with Gasteiger partial charge in [0.15, 0.2) is 0 Å². The lowest BCUT2D eigenvalue weighted by molar-refractivity contribution is 0.0912. The Labute approximate surface area is 115 Å². The number of anilines is 1. The van der Waals surface area contributed by atoms with Crippen LogP contribution in [0.15, 0.2) is 24.3 Å². The highest BCUT2D eigenvalue weighted by molar-refractivity contribution is 5.94. The Morgan fingerprint density at radius 3 is 2.74 bits per heavy atom. The third-order valence-corrected chi connectivity index (χ3v) is 3.49. The van der Waals surface area contributed by atoms with Crippen molar-refractivity contribution in [1.29, 1.82) is 0 Å². The van der Waals surface area contributed by atoms with Crippen molar-refractivity contribution in [2.45, 2.75) is 25.8 Å². The Morgan fingerprint density at radius 2 is 2.11 bits per heavy atom. The van der Waals surface area contributed by atoms with Gasteiger partial charge in [-0.25, -0.2) is 0 Å². The number of likely N-dealkylation sites (tertiary alicyclic amines) is 1. The number of likely N-dealkylation sites (N-methyl/N-ethyl adjacent to an activating group) is 1. The van der Waals surface area contributed by atoms with Crippen LogP contribution in [0.3, 0.4) is 0 Å². The number of carbonyl (C=O) groups is 1. The molecule has 0 radical (unpaired) electrons. The molecule has 104 valence electrons. The monoisotopic (exact) mass is 261 g/mol. The highest BCUT2D eigenvalue weighted by Crippen LogP contribution is 2.11. The average molecular weight is 261 g/mol. The van der Waals surface area contributed by atoms with Crippen molar-refractivity contribution in [3.05, 3.63) is 29.8 Å². The first kappa shape index (κ1) is 13.9. The molecule has 4 nitrogen and oxygen atoms in total. The molecule has 0 spiro atoms. The summed E-state index contributed by atoms with van der Waals surface area (Å²) in [5, 5.41) is 6.34. The molecule has 2 rings (SSSR count). The third-order valence-electron chi connectivity index (χ3n) is 3.49. The Kier molecular flexibility index (Phi) is 4.80. The quantitative estimate of drug-likeness (QED) is 0.870. The first-order valence-corrected chi connectivity index (χ1v) is 7.02. The largest absolute Gasteiger partial charge is 0.385 e. The second kappa shape index (κ2) is 6.57. The van der Waals surface area contributed by atoms with Gasteiger partial charge < -0.3 is 15.5 Å². The molecule has 4 heteroatoms. The van der Waals surface area contributed by atoms with E-state index in [1.54, 1.807) is 0 Å². The van der Waals surface area contributed by atoms with Crippen LogP contribution in [0, 0.1) is 0 Å². The normalized spacial score (nSPS) is 20.0. The van der Waals surface area contributed by atoms with Crippen LogP contribution in [0.1, 0.15) is 30.1 Å². The van der Waals surface area contributed by atoms with Crippen LogP contribution in [-0.4, -0.2) is 43.5 Å². The van der Waals surface area contributed by atoms with Crippen molar-refractivity contribution >= 4 is 11.6 Å². The van der Waals surface area contributed by atoms with Crippen molar-refractivity contribution < 1.29 is 4.79 Å². The summed E-state index contributed by atoms with van der Waals surface area (Å²) < 4.78 is 0. The molecule has 0 saturated carbocycles. The van der Waals surface area contributed by atoms with E-state index in [-0.39, 0.29) is 11.9 Å². The van der Waals surface area contributed by atoms with Gasteiger partial charge in [0, 0.05) is 30.4 Å². The summed E-state index contributed by atoms with van der Waals surface area (Å²) in [4.78, 5) is 14.4. The summed E-state index contributed by atoms with van der Waals surface area (Å²) in [7, 11) is 2.10. The maximum Gasteiger partial charge on any atom is 0.251 e. The SMILES string of the molecule is CCNc1ccc(C(=O)NC2CCCN(C)C2)cc1. The number of nitrogens with zero attached hydrogens (tertiary/aromatic N) is 1. The van der Waals surface area contributed by atoms with Gasteiger partial charge in [-0.2, -0.15) is 0 Å². The molecule has 0 bridgehead atoms. The fourth-order valence-corrected chi connectivity index (χ4v) is 2.50. The smallest absolute Gasteiger partial charge is 0.251 e. The number of amides is 1. The second-order valence-electron chi connectivity index (χ2n) is 5.18. The topological polar surface area (TPSA) is 44.4 Å². The highest BCUT2D eigenvalue weighted by Gasteiger charge is 2.19. The first-order chi connectivity index (χ1) is 9.19. The molecule has 1 amide bonds. The van der Waals surface area contributed by atoms with Gasteiger partial charge in [-0.3, -0.25) is 4.79 Å². The fraction of sp³-hybridized carbons (Fsp3) is 0.533. The minimum atomic E-state index is 0.0309. The van der Waals surface area contributed by atoms with Gasteiger partial charge in [-0.15, -0.1) is 0 Å². The molecule has 19 heavy (non-hydrogen) atoms. The number of benzene rings is 1. The van der Waals surface area contributed by atoms with Crippen molar-refractivity contribution in [3.63, 3.8) is 0 Å². The molecule has 0 aromatic heterocycles. The van der Waals surface area contributed by atoms with Crippen LogP contribution >= 0.6 is 0 Å². The van der Waals surface area contributed by atoms with Crippen LogP contribution in [0.2, 0.25) is 0 Å². The molecule has 1 aliphatic rings. The van der Waals surface area contributed by atoms with Crippen molar-refractivity contribution in [3.8, 4) is 0 Å². The van der Waals surface area contributed by atoms with Crippen molar-refractivity contribution in [2.75, 3.05) is 32.0 Å². The molecule has 0 aliphatic carbocycles. The van der Waals surface area contributed by atoms with Gasteiger partial charge in [0.25, 0.3) is 5.91 Å². The van der Waals surface area contributed by atoms with Crippen LogP contribution in [-0.2, 0) is 0 Å². The van der Waals surface area contributed by atoms with Crippen molar-refractivity contribution in [2.24, 2.45) is 0 Å². The number of hydrogen-bond donors (Lipinski definition) is 2. The maximum absolute atomic E-state index is 12.1. The van der Waals surface area contributed by atoms with Gasteiger partial charge in [0.2, 0.25) is 0 Å². The standard InChI is InChI=1S/C15H23N3O/c1-3-16-13-8-6-12(7-9-13)15(19)17-14-5-4-10-18(2)11-14/h6-9,14,16H,3-5,10-11H2,1-2H3,(H,17,19). The van der Waals surface area contributed by atoms with Crippen molar-refractivity contribution in [1.82, 2.24) is 10.2 Å². The third kappa shape index (κ3) is 3.96. The lowest BCUT2D eigenvalue weighted by atomic mass is 10.1. The fourth-order valence-electron chi connectivity index (χ4n) is 2.50. The number of rotatable bonds is 4. The Morgan fingerprint density at radius 1 is 1.37 bits per heavy atom. The minimum Gasteiger partial charge on any atom is -0.385 e. The highest BCUT2D eigenvalue weighted by atomic mass is 16.1. The molecule has 1 aromatic rings. The Bertz CT molecular complexity index is 416. The zero-order chi connectivity index (χ0) is 13.7. The van der Waals surface area contributed by atoms with Gasteiger partial charge >= 0.3 is 0 Å². The molecule has 1 aliphatic heterocycles. The van der Waals surface area contributed by atoms with E-state index in [9.17, 15) is 4.79 Å². The van der Waals surface area contributed by atoms with Crippen LogP contribution in [0.25, 0.3) is 0 Å². The predicted molar refractivity (Wildman–Crippen MR) is 78.6 cm³/mol.